The van der Waals surface area contributed by atoms with E-state index in [1.807, 2.05) is 54.6 Å². The maximum atomic E-state index is 13.7. The molecular weight excluding hydrogens is 412 g/mol. The molecule has 2 aliphatic rings. The van der Waals surface area contributed by atoms with Gasteiger partial charge in [0, 0.05) is 26.2 Å². The number of hydrogen-bond acceptors (Lipinski definition) is 4. The number of nitrogens with two attached hydrogens (primary N) is 1. The van der Waals surface area contributed by atoms with Gasteiger partial charge in [0.15, 0.2) is 5.78 Å². The summed E-state index contributed by atoms with van der Waals surface area (Å²) < 4.78 is 0. The predicted octanol–water partition coefficient (Wildman–Crippen LogP) is 2.58. The zero-order valence-corrected chi connectivity index (χ0v) is 18.4. The fraction of sp³-hybridized carbons (Fsp3) is 0.259. The van der Waals surface area contributed by atoms with E-state index in [1.54, 1.807) is 0 Å². The Morgan fingerprint density at radius 2 is 1.27 bits per heavy atom. The number of ketones is 1. The van der Waals surface area contributed by atoms with Gasteiger partial charge in [-0.1, -0.05) is 91.0 Å². The summed E-state index contributed by atoms with van der Waals surface area (Å²) in [4.78, 5) is 29.5. The molecule has 3 N–H and O–H groups in total. The van der Waals surface area contributed by atoms with E-state index >= 15 is 0 Å². The first-order valence-electron chi connectivity index (χ1n) is 11.4. The summed E-state index contributed by atoms with van der Waals surface area (Å²) in [5.74, 6) is 0.0353. The van der Waals surface area contributed by atoms with Crippen molar-refractivity contribution in [3.8, 4) is 0 Å². The molecule has 0 radical (unpaired) electrons. The number of piperazine rings is 1. The van der Waals surface area contributed by atoms with Gasteiger partial charge in [-0.2, -0.15) is 0 Å². The second kappa shape index (κ2) is 8.81. The third-order valence-corrected chi connectivity index (χ3v) is 6.80. The molecule has 2 fully saturated rings. The topological polar surface area (TPSA) is 78.4 Å². The number of carbonyl (C=O) groups excluding carboxylic acids is 2. The minimum atomic E-state index is -0.621. The first-order chi connectivity index (χ1) is 16.1. The molecular formula is C27H28N4O2. The van der Waals surface area contributed by atoms with Crippen LogP contribution in [0.15, 0.2) is 91.0 Å². The van der Waals surface area contributed by atoms with Crippen molar-refractivity contribution in [2.24, 2.45) is 5.73 Å². The molecule has 3 aromatic rings. The lowest BCUT2D eigenvalue weighted by molar-refractivity contribution is -0.124. The first kappa shape index (κ1) is 21.4. The van der Waals surface area contributed by atoms with Crippen molar-refractivity contribution < 1.29 is 9.59 Å². The van der Waals surface area contributed by atoms with Gasteiger partial charge >= 0.3 is 6.03 Å². The van der Waals surface area contributed by atoms with Crippen LogP contribution in [0.5, 0.6) is 0 Å². The number of carbonyl (C=O) groups is 2. The van der Waals surface area contributed by atoms with E-state index in [2.05, 4.69) is 46.6 Å². The van der Waals surface area contributed by atoms with Gasteiger partial charge < -0.3 is 16.0 Å². The van der Waals surface area contributed by atoms with Crippen LogP contribution in [-0.4, -0.2) is 59.9 Å². The van der Waals surface area contributed by atoms with Crippen LogP contribution < -0.4 is 11.1 Å². The van der Waals surface area contributed by atoms with Crippen LogP contribution in [0.25, 0.3) is 0 Å². The molecule has 168 valence electrons. The standard InChI is InChI=1S/C27H28N4O2/c28-26(33)30-17-16-29-18-23(30)25(32)24-19-31(24)27(20-10-4-1-5-11-20,21-12-6-2-7-13-21)22-14-8-3-9-15-22/h1-15,23-24,29H,16-19H2,(H2,28,33)/t23?,24-,31?/m0/s1. The highest BCUT2D eigenvalue weighted by Gasteiger charge is 2.57. The number of hydrogen-bond donors (Lipinski definition) is 2. The zero-order chi connectivity index (χ0) is 22.8. The van der Waals surface area contributed by atoms with E-state index in [-0.39, 0.29) is 11.8 Å². The van der Waals surface area contributed by atoms with E-state index < -0.39 is 17.6 Å². The molecule has 0 saturated carbocycles. The monoisotopic (exact) mass is 440 g/mol. The number of nitrogens with zero attached hydrogens (tertiary/aromatic N) is 2. The molecule has 5 rings (SSSR count). The SMILES string of the molecule is NC(=O)N1CCNCC1C(=O)[C@@H]1CN1C(c1ccccc1)(c1ccccc1)c1ccccc1. The van der Waals surface area contributed by atoms with E-state index in [1.165, 1.54) is 4.90 Å². The minimum absolute atomic E-state index is 0.0353. The highest BCUT2D eigenvalue weighted by Crippen LogP contribution is 2.48. The summed E-state index contributed by atoms with van der Waals surface area (Å²) >= 11 is 0. The average molecular weight is 441 g/mol. The molecule has 2 aliphatic heterocycles. The van der Waals surface area contributed by atoms with Crippen LogP contribution >= 0.6 is 0 Å². The lowest BCUT2D eigenvalue weighted by atomic mass is 9.76. The minimum Gasteiger partial charge on any atom is -0.351 e. The molecule has 2 saturated heterocycles. The molecule has 2 unspecified atom stereocenters. The van der Waals surface area contributed by atoms with Crippen LogP contribution in [0.4, 0.5) is 4.79 Å². The molecule has 2 heterocycles. The molecule has 0 spiro atoms. The fourth-order valence-corrected chi connectivity index (χ4v) is 5.23. The smallest absolute Gasteiger partial charge is 0.315 e. The largest absolute Gasteiger partial charge is 0.351 e. The Labute approximate surface area is 194 Å². The van der Waals surface area contributed by atoms with Crippen LogP contribution in [0.1, 0.15) is 16.7 Å². The number of benzene rings is 3. The average Bonchev–Trinajstić information content (AvgIpc) is 3.67. The van der Waals surface area contributed by atoms with E-state index in [4.69, 9.17) is 5.73 Å². The van der Waals surface area contributed by atoms with Crippen LogP contribution in [0, 0.1) is 0 Å². The number of amides is 2. The maximum absolute atomic E-state index is 13.7. The number of nitrogens with one attached hydrogen (secondary N) is 1. The molecule has 6 heteroatoms. The Bertz CT molecular complexity index is 1020. The Hall–Kier alpha value is -3.48. The summed E-state index contributed by atoms with van der Waals surface area (Å²) in [5.41, 5.74) is 8.29. The normalized spacial score (nSPS) is 22.5. The zero-order valence-electron chi connectivity index (χ0n) is 18.4. The first-order valence-corrected chi connectivity index (χ1v) is 11.4. The Balaban J connectivity index is 1.61. The quantitative estimate of drug-likeness (QED) is 0.456. The Kier molecular flexibility index (Phi) is 5.70. The van der Waals surface area contributed by atoms with Gasteiger partial charge in [0.2, 0.25) is 0 Å². The molecule has 33 heavy (non-hydrogen) atoms. The van der Waals surface area contributed by atoms with Crippen LogP contribution in [0.2, 0.25) is 0 Å². The van der Waals surface area contributed by atoms with Gasteiger partial charge in [-0.05, 0) is 16.7 Å². The van der Waals surface area contributed by atoms with Crippen molar-refractivity contribution in [3.63, 3.8) is 0 Å². The van der Waals surface area contributed by atoms with Crippen LogP contribution in [0.3, 0.4) is 0 Å². The summed E-state index contributed by atoms with van der Waals surface area (Å²) in [5, 5.41) is 3.24. The van der Waals surface area contributed by atoms with E-state index in [0.29, 0.717) is 26.2 Å². The fourth-order valence-electron chi connectivity index (χ4n) is 5.23. The van der Waals surface area contributed by atoms with Gasteiger partial charge in [0.1, 0.15) is 6.04 Å². The number of urea groups is 1. The third kappa shape index (κ3) is 3.71. The van der Waals surface area contributed by atoms with Gasteiger partial charge in [0.05, 0.1) is 11.6 Å². The molecule has 0 aliphatic carbocycles. The highest BCUT2D eigenvalue weighted by molar-refractivity contribution is 5.95. The van der Waals surface area contributed by atoms with Gasteiger partial charge in [-0.15, -0.1) is 0 Å². The van der Waals surface area contributed by atoms with Gasteiger partial charge in [-0.25, -0.2) is 4.79 Å². The molecule has 2 amide bonds. The number of rotatable bonds is 6. The molecule has 3 aromatic carbocycles. The molecule has 6 nitrogen and oxygen atoms in total. The van der Waals surface area contributed by atoms with Crippen molar-refractivity contribution in [3.05, 3.63) is 108 Å². The lowest BCUT2D eigenvalue weighted by Gasteiger charge is -2.39. The van der Waals surface area contributed by atoms with Crippen molar-refractivity contribution in [2.45, 2.75) is 17.6 Å². The summed E-state index contributed by atoms with van der Waals surface area (Å²) in [6.45, 7) is 2.13. The highest BCUT2D eigenvalue weighted by atomic mass is 16.2. The van der Waals surface area contributed by atoms with E-state index in [0.717, 1.165) is 16.7 Å². The van der Waals surface area contributed by atoms with Crippen molar-refractivity contribution in [1.82, 2.24) is 15.1 Å². The number of primary amides is 1. The summed E-state index contributed by atoms with van der Waals surface area (Å²) in [6.07, 6.45) is 0. The van der Waals surface area contributed by atoms with Crippen molar-refractivity contribution >= 4 is 11.8 Å². The van der Waals surface area contributed by atoms with Gasteiger partial charge in [0.25, 0.3) is 0 Å². The predicted molar refractivity (Wildman–Crippen MR) is 128 cm³/mol. The maximum Gasteiger partial charge on any atom is 0.315 e. The molecule has 0 aromatic heterocycles. The summed E-state index contributed by atoms with van der Waals surface area (Å²) in [6, 6.07) is 29.6. The lowest BCUT2D eigenvalue weighted by Crippen LogP contribution is -2.59. The van der Waals surface area contributed by atoms with Crippen molar-refractivity contribution in [1.29, 1.82) is 0 Å². The summed E-state index contributed by atoms with van der Waals surface area (Å²) in [7, 11) is 0. The van der Waals surface area contributed by atoms with Crippen molar-refractivity contribution in [2.75, 3.05) is 26.2 Å². The second-order valence-electron chi connectivity index (χ2n) is 8.63. The third-order valence-electron chi connectivity index (χ3n) is 6.80. The number of Topliss-reactive ketones (excluding diaryl/α,β-unsaturated/α-hetero) is 1. The molecule has 0 bridgehead atoms. The van der Waals surface area contributed by atoms with Gasteiger partial charge in [-0.3, -0.25) is 9.69 Å². The second-order valence-corrected chi connectivity index (χ2v) is 8.63. The van der Waals surface area contributed by atoms with E-state index in [9.17, 15) is 9.59 Å². The van der Waals surface area contributed by atoms with Crippen LogP contribution in [-0.2, 0) is 10.3 Å². The Morgan fingerprint density at radius 3 is 1.73 bits per heavy atom. The Morgan fingerprint density at radius 1 is 0.788 bits per heavy atom. The molecule has 3 atom stereocenters.